The summed E-state index contributed by atoms with van der Waals surface area (Å²) in [6.45, 7) is 12.1. The van der Waals surface area contributed by atoms with E-state index in [0.29, 0.717) is 11.8 Å². The molecular weight excluding hydrogens is 268 g/mol. The minimum Gasteiger partial charge on any atom is -0.444 e. The number of hydrogen-bond donors (Lipinski definition) is 1. The number of amides is 1. The van der Waals surface area contributed by atoms with E-state index in [1.807, 2.05) is 32.6 Å². The quantitative estimate of drug-likeness (QED) is 0.865. The Morgan fingerprint density at radius 3 is 2.52 bits per heavy atom. The third-order valence-corrected chi connectivity index (χ3v) is 4.29. The maximum absolute atomic E-state index is 11.9. The van der Waals surface area contributed by atoms with Crippen LogP contribution in [0.15, 0.2) is 0 Å². The summed E-state index contributed by atoms with van der Waals surface area (Å²) < 4.78 is 5.39. The average Bonchev–Trinajstić information content (AvgIpc) is 2.23. The van der Waals surface area contributed by atoms with Gasteiger partial charge in [0.25, 0.3) is 0 Å². The second kappa shape index (κ2) is 6.53. The summed E-state index contributed by atoms with van der Waals surface area (Å²) in [5.74, 6) is 1.24. The van der Waals surface area contributed by atoms with E-state index in [4.69, 9.17) is 4.74 Å². The van der Waals surface area contributed by atoms with Crippen molar-refractivity contribution >= 4 is 6.09 Å². The number of carbonyl (C=O) groups is 1. The molecule has 0 aromatic heterocycles. The number of nitrogens with zero attached hydrogens (tertiary/aromatic N) is 2. The van der Waals surface area contributed by atoms with Crippen molar-refractivity contribution in [3.63, 3.8) is 0 Å². The van der Waals surface area contributed by atoms with E-state index >= 15 is 0 Å². The largest absolute Gasteiger partial charge is 0.444 e. The van der Waals surface area contributed by atoms with Gasteiger partial charge in [-0.2, -0.15) is 0 Å². The third kappa shape index (κ3) is 4.85. The molecule has 0 bridgehead atoms. The first-order valence-electron chi connectivity index (χ1n) is 8.13. The standard InChI is InChI=1S/C16H30N2O3/c1-12(19)8-17-7-5-6-13(9-17)14-10-18(11-14)15(20)21-16(2,3)4/h12-14,19H,5-11H2,1-4H3/t12-,13+/m1/s1. The van der Waals surface area contributed by atoms with Crippen LogP contribution in [0.2, 0.25) is 0 Å². The molecule has 0 unspecified atom stereocenters. The predicted octanol–water partition coefficient (Wildman–Crippen LogP) is 1.95. The van der Waals surface area contributed by atoms with Crippen molar-refractivity contribution in [3.8, 4) is 0 Å². The van der Waals surface area contributed by atoms with Crippen molar-refractivity contribution in [3.05, 3.63) is 0 Å². The summed E-state index contributed by atoms with van der Waals surface area (Å²) in [4.78, 5) is 16.1. The van der Waals surface area contributed by atoms with Crippen LogP contribution < -0.4 is 0 Å². The lowest BCUT2D eigenvalue weighted by molar-refractivity contribution is -0.0217. The van der Waals surface area contributed by atoms with E-state index < -0.39 is 5.60 Å². The van der Waals surface area contributed by atoms with Gasteiger partial charge in [-0.25, -0.2) is 4.79 Å². The first-order chi connectivity index (χ1) is 9.74. The van der Waals surface area contributed by atoms with Crippen LogP contribution in [0, 0.1) is 11.8 Å². The summed E-state index contributed by atoms with van der Waals surface area (Å²) in [6.07, 6.45) is 1.99. The van der Waals surface area contributed by atoms with Gasteiger partial charge in [0, 0.05) is 26.2 Å². The number of rotatable bonds is 3. The molecule has 0 aliphatic carbocycles. The lowest BCUT2D eigenvalue weighted by atomic mass is 9.81. The smallest absolute Gasteiger partial charge is 0.410 e. The summed E-state index contributed by atoms with van der Waals surface area (Å²) in [5.41, 5.74) is -0.416. The topological polar surface area (TPSA) is 53.0 Å². The Bertz CT molecular complexity index is 359. The number of hydrogen-bond acceptors (Lipinski definition) is 4. The van der Waals surface area contributed by atoms with Crippen LogP contribution in [0.3, 0.4) is 0 Å². The van der Waals surface area contributed by atoms with Crippen molar-refractivity contribution in [1.29, 1.82) is 0 Å². The van der Waals surface area contributed by atoms with Crippen molar-refractivity contribution in [2.24, 2.45) is 11.8 Å². The number of ether oxygens (including phenoxy) is 1. The summed E-state index contributed by atoms with van der Waals surface area (Å²) in [6, 6.07) is 0. The second-order valence-electron chi connectivity index (χ2n) is 7.66. The summed E-state index contributed by atoms with van der Waals surface area (Å²) in [7, 11) is 0. The number of aliphatic hydroxyl groups is 1. The highest BCUT2D eigenvalue weighted by Crippen LogP contribution is 2.31. The van der Waals surface area contributed by atoms with Gasteiger partial charge in [0.05, 0.1) is 6.10 Å². The van der Waals surface area contributed by atoms with Gasteiger partial charge in [-0.15, -0.1) is 0 Å². The minimum absolute atomic E-state index is 0.185. The van der Waals surface area contributed by atoms with Crippen LogP contribution in [0.5, 0.6) is 0 Å². The second-order valence-corrected chi connectivity index (χ2v) is 7.66. The number of β-amino-alcohol motifs (C(OH)–C–C–N with tert-alkyl or cyclic N) is 1. The Morgan fingerprint density at radius 2 is 1.95 bits per heavy atom. The highest BCUT2D eigenvalue weighted by Gasteiger charge is 2.39. The molecule has 2 atom stereocenters. The van der Waals surface area contributed by atoms with Crippen molar-refractivity contribution in [2.45, 2.75) is 52.2 Å². The molecule has 2 rings (SSSR count). The molecule has 0 aromatic rings. The van der Waals surface area contributed by atoms with Crippen molar-refractivity contribution in [2.75, 3.05) is 32.7 Å². The first kappa shape index (κ1) is 16.6. The molecule has 1 amide bonds. The Balaban J connectivity index is 1.75. The monoisotopic (exact) mass is 298 g/mol. The van der Waals surface area contributed by atoms with E-state index in [9.17, 15) is 9.90 Å². The molecule has 122 valence electrons. The van der Waals surface area contributed by atoms with Crippen LogP contribution >= 0.6 is 0 Å². The molecule has 1 N–H and O–H groups in total. The van der Waals surface area contributed by atoms with Gasteiger partial charge in [0.1, 0.15) is 5.60 Å². The first-order valence-corrected chi connectivity index (χ1v) is 8.13. The van der Waals surface area contributed by atoms with Crippen LogP contribution in [0.1, 0.15) is 40.5 Å². The number of aliphatic hydroxyl groups excluding tert-OH is 1. The SMILES string of the molecule is C[C@@H](O)CN1CCC[C@H](C2CN(C(=O)OC(C)(C)C)C2)C1. The van der Waals surface area contributed by atoms with Crippen LogP contribution in [0.4, 0.5) is 4.79 Å². The van der Waals surface area contributed by atoms with Gasteiger partial charge in [0.2, 0.25) is 0 Å². The summed E-state index contributed by atoms with van der Waals surface area (Å²) >= 11 is 0. The molecule has 5 nitrogen and oxygen atoms in total. The third-order valence-electron chi connectivity index (χ3n) is 4.29. The Labute approximate surface area is 128 Å². The molecule has 21 heavy (non-hydrogen) atoms. The molecule has 2 fully saturated rings. The van der Waals surface area contributed by atoms with E-state index in [-0.39, 0.29) is 12.2 Å². The van der Waals surface area contributed by atoms with E-state index in [1.165, 1.54) is 12.8 Å². The average molecular weight is 298 g/mol. The molecule has 5 heteroatoms. The fraction of sp³-hybridized carbons (Fsp3) is 0.938. The molecule has 0 aromatic carbocycles. The van der Waals surface area contributed by atoms with Gasteiger partial charge < -0.3 is 19.6 Å². The fourth-order valence-electron chi connectivity index (χ4n) is 3.30. The molecule has 2 heterocycles. The Morgan fingerprint density at radius 1 is 1.29 bits per heavy atom. The van der Waals surface area contributed by atoms with Crippen molar-refractivity contribution in [1.82, 2.24) is 9.80 Å². The fourth-order valence-corrected chi connectivity index (χ4v) is 3.30. The zero-order valence-electron chi connectivity index (χ0n) is 13.8. The van der Waals surface area contributed by atoms with Crippen molar-refractivity contribution < 1.29 is 14.6 Å². The normalized spacial score (nSPS) is 26.3. The van der Waals surface area contributed by atoms with Crippen LogP contribution in [0.25, 0.3) is 0 Å². The Kier molecular flexibility index (Phi) is 5.15. The van der Waals surface area contributed by atoms with E-state index in [2.05, 4.69) is 4.90 Å². The van der Waals surface area contributed by atoms with Gasteiger partial charge in [-0.3, -0.25) is 0 Å². The molecule has 2 aliphatic rings. The molecule has 2 aliphatic heterocycles. The van der Waals surface area contributed by atoms with Gasteiger partial charge in [-0.1, -0.05) is 0 Å². The molecule has 0 saturated carbocycles. The molecule has 0 radical (unpaired) electrons. The molecule has 0 spiro atoms. The maximum atomic E-state index is 11.9. The number of likely N-dealkylation sites (tertiary alicyclic amines) is 2. The molecule has 2 saturated heterocycles. The lowest BCUT2D eigenvalue weighted by Gasteiger charge is -2.46. The Hall–Kier alpha value is -0.810. The zero-order chi connectivity index (χ0) is 15.6. The van der Waals surface area contributed by atoms with Gasteiger partial charge in [0.15, 0.2) is 0 Å². The van der Waals surface area contributed by atoms with Crippen LogP contribution in [-0.2, 0) is 4.74 Å². The van der Waals surface area contributed by atoms with E-state index in [1.54, 1.807) is 0 Å². The summed E-state index contributed by atoms with van der Waals surface area (Å²) in [5, 5.41) is 9.51. The van der Waals surface area contributed by atoms with Gasteiger partial charge in [-0.05, 0) is 58.9 Å². The maximum Gasteiger partial charge on any atom is 0.410 e. The van der Waals surface area contributed by atoms with Crippen LogP contribution in [-0.4, -0.2) is 65.4 Å². The minimum atomic E-state index is -0.416. The highest BCUT2D eigenvalue weighted by atomic mass is 16.6. The molecular formula is C16H30N2O3. The van der Waals surface area contributed by atoms with E-state index in [0.717, 1.165) is 32.7 Å². The highest BCUT2D eigenvalue weighted by molar-refractivity contribution is 5.69. The zero-order valence-corrected chi connectivity index (χ0v) is 13.8. The number of carbonyl (C=O) groups excluding carboxylic acids is 1. The van der Waals surface area contributed by atoms with Gasteiger partial charge >= 0.3 is 6.09 Å². The predicted molar refractivity (Wildman–Crippen MR) is 82.1 cm³/mol. The number of piperidine rings is 1. The lowest BCUT2D eigenvalue weighted by Crippen LogP contribution is -2.56.